The third-order valence-electron chi connectivity index (χ3n) is 5.24. The molecule has 4 nitrogen and oxygen atoms in total. The number of carbonyl (C=O) groups is 1. The average molecular weight is 327 g/mol. The van der Waals surface area contributed by atoms with Gasteiger partial charge in [0.2, 0.25) is 5.91 Å². The fraction of sp³-hybridized carbons (Fsp3) is 0.444. The summed E-state index contributed by atoms with van der Waals surface area (Å²) in [5.41, 5.74) is 1.11. The zero-order chi connectivity index (χ0) is 15.7. The summed E-state index contributed by atoms with van der Waals surface area (Å²) in [6, 6.07) is 8.39. The number of aromatic nitrogens is 1. The number of amides is 1. The van der Waals surface area contributed by atoms with E-state index in [9.17, 15) is 4.79 Å². The van der Waals surface area contributed by atoms with Gasteiger partial charge < -0.3 is 5.32 Å². The van der Waals surface area contributed by atoms with Crippen LogP contribution in [-0.4, -0.2) is 34.4 Å². The predicted octanol–water partition coefficient (Wildman–Crippen LogP) is 2.78. The first-order valence-electron chi connectivity index (χ1n) is 8.21. The van der Waals surface area contributed by atoms with Crippen LogP contribution in [0.4, 0.5) is 0 Å². The number of rotatable bonds is 3. The fourth-order valence-electron chi connectivity index (χ4n) is 4.02. The molecule has 2 aliphatic heterocycles. The lowest BCUT2D eigenvalue weighted by molar-refractivity contribution is -0.120. The van der Waals surface area contributed by atoms with Gasteiger partial charge in [0.05, 0.1) is 0 Å². The maximum absolute atomic E-state index is 12.1. The van der Waals surface area contributed by atoms with Crippen molar-refractivity contribution in [3.63, 3.8) is 0 Å². The van der Waals surface area contributed by atoms with E-state index in [1.807, 2.05) is 23.6 Å². The van der Waals surface area contributed by atoms with Crippen molar-refractivity contribution in [2.24, 2.45) is 0 Å². The number of nitrogens with one attached hydrogen (secondary N) is 1. The molecule has 120 valence electrons. The quantitative estimate of drug-likeness (QED) is 0.943. The Morgan fingerprint density at radius 2 is 2.17 bits per heavy atom. The zero-order valence-corrected chi connectivity index (χ0v) is 13.9. The summed E-state index contributed by atoms with van der Waals surface area (Å²) in [4.78, 5) is 20.3. The van der Waals surface area contributed by atoms with E-state index in [-0.39, 0.29) is 17.4 Å². The molecule has 2 aliphatic rings. The summed E-state index contributed by atoms with van der Waals surface area (Å²) in [6.07, 6.45) is 6.35. The number of piperidine rings is 1. The maximum atomic E-state index is 12.1. The van der Waals surface area contributed by atoms with Crippen LogP contribution in [0.1, 0.15) is 35.6 Å². The van der Waals surface area contributed by atoms with Crippen molar-refractivity contribution >= 4 is 17.2 Å². The monoisotopic (exact) mass is 327 g/mol. The Morgan fingerprint density at radius 1 is 1.30 bits per heavy atom. The van der Waals surface area contributed by atoms with Crippen molar-refractivity contribution < 1.29 is 4.79 Å². The van der Waals surface area contributed by atoms with Crippen molar-refractivity contribution in [2.75, 3.05) is 13.1 Å². The van der Waals surface area contributed by atoms with Crippen LogP contribution in [-0.2, 0) is 11.3 Å². The molecule has 0 saturated carbocycles. The molecule has 4 heterocycles. The van der Waals surface area contributed by atoms with Crippen molar-refractivity contribution in [3.8, 4) is 0 Å². The second kappa shape index (κ2) is 6.06. The summed E-state index contributed by atoms with van der Waals surface area (Å²) in [5.74, 6) is 0.443. The largest absolute Gasteiger partial charge is 0.350 e. The third kappa shape index (κ3) is 2.91. The first-order chi connectivity index (χ1) is 11.3. The van der Waals surface area contributed by atoms with E-state index < -0.39 is 0 Å². The van der Waals surface area contributed by atoms with Crippen LogP contribution in [0.25, 0.3) is 0 Å². The van der Waals surface area contributed by atoms with Crippen LogP contribution in [0.15, 0.2) is 42.0 Å². The van der Waals surface area contributed by atoms with E-state index in [1.54, 1.807) is 6.20 Å². The molecule has 2 saturated heterocycles. The van der Waals surface area contributed by atoms with Crippen LogP contribution >= 0.6 is 11.3 Å². The Bertz CT molecular complexity index is 663. The average Bonchev–Trinajstić information content (AvgIpc) is 3.19. The van der Waals surface area contributed by atoms with Gasteiger partial charge in [0, 0.05) is 54.8 Å². The highest BCUT2D eigenvalue weighted by Crippen LogP contribution is 2.43. The van der Waals surface area contributed by atoms with Gasteiger partial charge in [-0.1, -0.05) is 12.1 Å². The number of pyridine rings is 1. The van der Waals surface area contributed by atoms with Gasteiger partial charge in [0.25, 0.3) is 0 Å². The molecule has 5 heteroatoms. The fourth-order valence-corrected chi connectivity index (χ4v) is 4.77. The molecule has 0 radical (unpaired) electrons. The van der Waals surface area contributed by atoms with Crippen LogP contribution in [0.5, 0.6) is 0 Å². The first-order valence-corrected chi connectivity index (χ1v) is 9.09. The van der Waals surface area contributed by atoms with Gasteiger partial charge in [0.1, 0.15) is 0 Å². The van der Waals surface area contributed by atoms with E-state index in [4.69, 9.17) is 0 Å². The molecular formula is C18H21N3OS. The first kappa shape index (κ1) is 14.8. The smallest absolute Gasteiger partial charge is 0.221 e. The SMILES string of the molecule is O=C1CC(c2cccnc2)C2(CCN(Cc3cccs3)CC2)N1. The van der Waals surface area contributed by atoms with Crippen LogP contribution in [0.3, 0.4) is 0 Å². The number of nitrogens with zero attached hydrogens (tertiary/aromatic N) is 2. The van der Waals surface area contributed by atoms with Crippen molar-refractivity contribution in [3.05, 3.63) is 52.5 Å². The van der Waals surface area contributed by atoms with E-state index in [2.05, 4.69) is 38.8 Å². The van der Waals surface area contributed by atoms with Crippen LogP contribution < -0.4 is 5.32 Å². The second-order valence-electron chi connectivity index (χ2n) is 6.60. The van der Waals surface area contributed by atoms with Crippen molar-refractivity contribution in [1.29, 1.82) is 0 Å². The summed E-state index contributed by atoms with van der Waals surface area (Å²) in [6.45, 7) is 3.10. The molecule has 0 aromatic carbocycles. The van der Waals surface area contributed by atoms with E-state index in [0.29, 0.717) is 6.42 Å². The van der Waals surface area contributed by atoms with Crippen molar-refractivity contribution in [1.82, 2.24) is 15.2 Å². The van der Waals surface area contributed by atoms with E-state index in [0.717, 1.165) is 32.5 Å². The van der Waals surface area contributed by atoms with E-state index >= 15 is 0 Å². The minimum absolute atomic E-state index is 0.0773. The second-order valence-corrected chi connectivity index (χ2v) is 7.64. The summed E-state index contributed by atoms with van der Waals surface area (Å²) in [5, 5.41) is 5.44. The van der Waals surface area contributed by atoms with Gasteiger partial charge in [-0.2, -0.15) is 0 Å². The number of thiophene rings is 1. The van der Waals surface area contributed by atoms with Gasteiger partial charge in [-0.25, -0.2) is 0 Å². The third-order valence-corrected chi connectivity index (χ3v) is 6.10. The summed E-state index contributed by atoms with van der Waals surface area (Å²) >= 11 is 1.82. The molecule has 4 rings (SSSR count). The number of hydrogen-bond acceptors (Lipinski definition) is 4. The van der Waals surface area contributed by atoms with Crippen LogP contribution in [0, 0.1) is 0 Å². The molecule has 23 heavy (non-hydrogen) atoms. The molecule has 0 bridgehead atoms. The number of likely N-dealkylation sites (tertiary alicyclic amines) is 1. The van der Waals surface area contributed by atoms with Crippen LogP contribution in [0.2, 0.25) is 0 Å². The lowest BCUT2D eigenvalue weighted by Gasteiger charge is -2.42. The zero-order valence-electron chi connectivity index (χ0n) is 13.1. The normalized spacial score (nSPS) is 24.0. The van der Waals surface area contributed by atoms with Gasteiger partial charge in [0.15, 0.2) is 0 Å². The molecule has 2 aromatic heterocycles. The predicted molar refractivity (Wildman–Crippen MR) is 91.3 cm³/mol. The number of hydrogen-bond donors (Lipinski definition) is 1. The summed E-state index contributed by atoms with van der Waals surface area (Å²) < 4.78 is 0. The molecule has 2 fully saturated rings. The maximum Gasteiger partial charge on any atom is 0.221 e. The standard InChI is InChI=1S/C18H21N3OS/c22-17-11-16(14-3-1-7-19-12-14)18(20-17)5-8-21(9-6-18)13-15-4-2-10-23-15/h1-4,7,10,12,16H,5-6,8-9,11,13H2,(H,20,22). The van der Waals surface area contributed by atoms with E-state index in [1.165, 1.54) is 10.4 Å². The molecule has 0 aliphatic carbocycles. The Labute approximate surface area is 140 Å². The highest BCUT2D eigenvalue weighted by molar-refractivity contribution is 7.09. The minimum Gasteiger partial charge on any atom is -0.350 e. The molecule has 1 spiro atoms. The molecule has 1 amide bonds. The van der Waals surface area contributed by atoms with Gasteiger partial charge >= 0.3 is 0 Å². The molecule has 1 N–H and O–H groups in total. The molecular weight excluding hydrogens is 306 g/mol. The molecule has 2 aromatic rings. The topological polar surface area (TPSA) is 45.2 Å². The Balaban J connectivity index is 1.49. The van der Waals surface area contributed by atoms with Gasteiger partial charge in [-0.3, -0.25) is 14.7 Å². The Hall–Kier alpha value is -1.72. The number of carbonyl (C=O) groups excluding carboxylic acids is 1. The highest BCUT2D eigenvalue weighted by atomic mass is 32.1. The molecule has 1 atom stereocenters. The lowest BCUT2D eigenvalue weighted by Crippen LogP contribution is -2.53. The van der Waals surface area contributed by atoms with Gasteiger partial charge in [-0.15, -0.1) is 11.3 Å². The van der Waals surface area contributed by atoms with Gasteiger partial charge in [-0.05, 0) is 35.9 Å². The Kier molecular flexibility index (Phi) is 3.91. The highest BCUT2D eigenvalue weighted by Gasteiger charge is 2.48. The lowest BCUT2D eigenvalue weighted by atomic mass is 9.75. The molecule has 1 unspecified atom stereocenters. The summed E-state index contributed by atoms with van der Waals surface area (Å²) in [7, 11) is 0. The Morgan fingerprint density at radius 3 is 2.87 bits per heavy atom. The minimum atomic E-state index is -0.0773. The van der Waals surface area contributed by atoms with Crippen molar-refractivity contribution in [2.45, 2.75) is 37.3 Å².